The molecular weight excluding hydrogens is 376 g/mol. The lowest BCUT2D eigenvalue weighted by molar-refractivity contribution is -0.120. The molecule has 7 nitrogen and oxygen atoms in total. The number of benzene rings is 2. The van der Waals surface area contributed by atoms with Gasteiger partial charge in [0.15, 0.2) is 5.82 Å². The summed E-state index contributed by atoms with van der Waals surface area (Å²) in [6.45, 7) is 2.12. The van der Waals surface area contributed by atoms with Gasteiger partial charge in [-0.05, 0) is 60.0 Å². The van der Waals surface area contributed by atoms with E-state index in [9.17, 15) is 4.79 Å². The Hall–Kier alpha value is -2.93. The molecule has 0 aliphatic heterocycles. The summed E-state index contributed by atoms with van der Waals surface area (Å²) in [5, 5.41) is 18.9. The summed E-state index contributed by atoms with van der Waals surface area (Å²) in [4.78, 5) is 12.3. The van der Waals surface area contributed by atoms with Crippen molar-refractivity contribution in [1.29, 1.82) is 0 Å². The Morgan fingerprint density at radius 1 is 1.25 bits per heavy atom. The second kappa shape index (κ2) is 7.98. The fourth-order valence-corrected chi connectivity index (χ4v) is 3.15. The van der Waals surface area contributed by atoms with E-state index in [1.165, 1.54) is 0 Å². The van der Waals surface area contributed by atoms with Crippen molar-refractivity contribution in [3.8, 4) is 11.4 Å². The number of amides is 1. The lowest BCUT2D eigenvalue weighted by Crippen LogP contribution is -2.32. The molecule has 1 amide bonds. The summed E-state index contributed by atoms with van der Waals surface area (Å²) in [5.74, 6) is 0.669. The first-order valence-corrected chi connectivity index (χ1v) is 9.65. The van der Waals surface area contributed by atoms with Crippen LogP contribution in [0.25, 0.3) is 11.4 Å². The van der Waals surface area contributed by atoms with Gasteiger partial charge in [-0.1, -0.05) is 35.9 Å². The zero-order valence-corrected chi connectivity index (χ0v) is 16.2. The quantitative estimate of drug-likeness (QED) is 0.637. The molecule has 1 unspecified atom stereocenters. The minimum absolute atomic E-state index is 0.0873. The van der Waals surface area contributed by atoms with Crippen LogP contribution < -0.4 is 10.6 Å². The van der Waals surface area contributed by atoms with Crippen molar-refractivity contribution in [3.63, 3.8) is 0 Å². The molecule has 1 fully saturated rings. The highest BCUT2D eigenvalue weighted by Gasteiger charge is 2.28. The molecular formula is C20H21ClN6O. The van der Waals surface area contributed by atoms with Gasteiger partial charge in [0.1, 0.15) is 0 Å². The molecule has 1 aliphatic rings. The average molecular weight is 397 g/mol. The third kappa shape index (κ3) is 4.31. The van der Waals surface area contributed by atoms with Gasteiger partial charge >= 0.3 is 0 Å². The van der Waals surface area contributed by atoms with Gasteiger partial charge in [0.05, 0.1) is 18.6 Å². The smallest absolute Gasteiger partial charge is 0.239 e. The van der Waals surface area contributed by atoms with Crippen molar-refractivity contribution < 1.29 is 4.79 Å². The fraction of sp³-hybridized carbons (Fsp3) is 0.300. The number of hydrogen-bond donors (Lipinski definition) is 2. The standard InChI is InChI=1S/C20H21ClN6O/c1-13(14-5-7-16(21)8-6-14)23-19(28)12-22-17-4-2-3-15(11-17)20-24-25-26-27(20)18-9-10-18/h2-8,11,13,18,22H,9-10,12H2,1H3,(H,23,28). The molecule has 1 atom stereocenters. The molecule has 4 rings (SSSR count). The monoisotopic (exact) mass is 396 g/mol. The van der Waals surface area contributed by atoms with E-state index < -0.39 is 0 Å². The third-order valence-electron chi connectivity index (χ3n) is 4.71. The maximum atomic E-state index is 12.3. The molecule has 1 heterocycles. The van der Waals surface area contributed by atoms with Gasteiger partial charge in [-0.15, -0.1) is 5.10 Å². The van der Waals surface area contributed by atoms with Crippen molar-refractivity contribution >= 4 is 23.2 Å². The highest BCUT2D eigenvalue weighted by Crippen LogP contribution is 2.36. The largest absolute Gasteiger partial charge is 0.376 e. The molecule has 3 aromatic rings. The van der Waals surface area contributed by atoms with E-state index >= 15 is 0 Å². The van der Waals surface area contributed by atoms with Crippen LogP contribution in [0.1, 0.15) is 37.4 Å². The van der Waals surface area contributed by atoms with E-state index in [1.807, 2.05) is 60.1 Å². The minimum atomic E-state index is -0.0962. The molecule has 1 aliphatic carbocycles. The Labute approximate surface area is 168 Å². The van der Waals surface area contributed by atoms with Gasteiger partial charge in [-0.2, -0.15) is 0 Å². The van der Waals surface area contributed by atoms with Crippen molar-refractivity contribution in [2.45, 2.75) is 31.8 Å². The number of hydrogen-bond acceptors (Lipinski definition) is 5. The lowest BCUT2D eigenvalue weighted by atomic mass is 10.1. The van der Waals surface area contributed by atoms with Crippen LogP contribution in [0.4, 0.5) is 5.69 Å². The Morgan fingerprint density at radius 3 is 2.79 bits per heavy atom. The van der Waals surface area contributed by atoms with E-state index in [0.29, 0.717) is 11.1 Å². The van der Waals surface area contributed by atoms with E-state index in [2.05, 4.69) is 26.2 Å². The Bertz CT molecular complexity index is 967. The number of tetrazole rings is 1. The maximum absolute atomic E-state index is 12.3. The maximum Gasteiger partial charge on any atom is 0.239 e. The minimum Gasteiger partial charge on any atom is -0.376 e. The fourth-order valence-electron chi connectivity index (χ4n) is 3.03. The van der Waals surface area contributed by atoms with Crippen LogP contribution in [0, 0.1) is 0 Å². The topological polar surface area (TPSA) is 84.7 Å². The summed E-state index contributed by atoms with van der Waals surface area (Å²) in [6, 6.07) is 15.5. The SMILES string of the molecule is CC(NC(=O)CNc1cccc(-c2nnnn2C2CC2)c1)c1ccc(Cl)cc1. The van der Waals surface area contributed by atoms with Crippen molar-refractivity contribution in [1.82, 2.24) is 25.5 Å². The number of rotatable bonds is 7. The zero-order valence-electron chi connectivity index (χ0n) is 15.5. The molecule has 0 saturated heterocycles. The van der Waals surface area contributed by atoms with Crippen LogP contribution in [0.5, 0.6) is 0 Å². The first kappa shape index (κ1) is 18.4. The van der Waals surface area contributed by atoms with Gasteiger partial charge in [0.25, 0.3) is 0 Å². The zero-order chi connectivity index (χ0) is 19.5. The van der Waals surface area contributed by atoms with Gasteiger partial charge < -0.3 is 10.6 Å². The lowest BCUT2D eigenvalue weighted by Gasteiger charge is -2.15. The Kier molecular flexibility index (Phi) is 5.25. The van der Waals surface area contributed by atoms with E-state index in [1.54, 1.807) is 0 Å². The Morgan fingerprint density at radius 2 is 2.04 bits per heavy atom. The average Bonchev–Trinajstić information content (AvgIpc) is 3.43. The molecule has 2 N–H and O–H groups in total. The number of carbonyl (C=O) groups excluding carboxylic acids is 1. The number of aromatic nitrogens is 4. The van der Waals surface area contributed by atoms with Crippen LogP contribution in [-0.2, 0) is 4.79 Å². The van der Waals surface area contributed by atoms with Crippen LogP contribution in [0.2, 0.25) is 5.02 Å². The molecule has 144 valence electrons. The summed E-state index contributed by atoms with van der Waals surface area (Å²) in [7, 11) is 0. The van der Waals surface area contributed by atoms with Gasteiger partial charge in [-0.3, -0.25) is 4.79 Å². The number of anilines is 1. The number of halogens is 1. The van der Waals surface area contributed by atoms with E-state index in [0.717, 1.165) is 35.5 Å². The number of nitrogens with zero attached hydrogens (tertiary/aromatic N) is 4. The third-order valence-corrected chi connectivity index (χ3v) is 4.96. The number of nitrogens with one attached hydrogen (secondary N) is 2. The summed E-state index contributed by atoms with van der Waals surface area (Å²) in [6.07, 6.45) is 2.23. The van der Waals surface area contributed by atoms with E-state index in [4.69, 9.17) is 11.6 Å². The Balaban J connectivity index is 1.36. The number of carbonyl (C=O) groups is 1. The van der Waals surface area contributed by atoms with Crippen LogP contribution in [-0.4, -0.2) is 32.7 Å². The van der Waals surface area contributed by atoms with Crippen molar-refractivity contribution in [2.24, 2.45) is 0 Å². The molecule has 8 heteroatoms. The van der Waals surface area contributed by atoms with Crippen LogP contribution in [0.15, 0.2) is 48.5 Å². The highest BCUT2D eigenvalue weighted by molar-refractivity contribution is 6.30. The van der Waals surface area contributed by atoms with Gasteiger partial charge in [0.2, 0.25) is 5.91 Å². The van der Waals surface area contributed by atoms with E-state index in [-0.39, 0.29) is 18.5 Å². The summed E-state index contributed by atoms with van der Waals surface area (Å²) < 4.78 is 1.87. The molecule has 2 aromatic carbocycles. The van der Waals surface area contributed by atoms with Gasteiger partial charge in [0, 0.05) is 16.3 Å². The first-order chi connectivity index (χ1) is 13.6. The predicted octanol–water partition coefficient (Wildman–Crippen LogP) is 3.62. The van der Waals surface area contributed by atoms with Crippen LogP contribution in [0.3, 0.4) is 0 Å². The van der Waals surface area contributed by atoms with Crippen molar-refractivity contribution in [3.05, 3.63) is 59.1 Å². The van der Waals surface area contributed by atoms with Crippen molar-refractivity contribution in [2.75, 3.05) is 11.9 Å². The summed E-state index contributed by atoms with van der Waals surface area (Å²) in [5.41, 5.74) is 2.78. The molecule has 0 radical (unpaired) electrons. The van der Waals surface area contributed by atoms with Gasteiger partial charge in [-0.25, -0.2) is 4.68 Å². The highest BCUT2D eigenvalue weighted by atomic mass is 35.5. The molecule has 0 bridgehead atoms. The predicted molar refractivity (Wildman–Crippen MR) is 108 cm³/mol. The molecule has 1 saturated carbocycles. The molecule has 28 heavy (non-hydrogen) atoms. The van der Waals surface area contributed by atoms with Crippen LogP contribution >= 0.6 is 11.6 Å². The normalized spacial score (nSPS) is 14.5. The molecule has 0 spiro atoms. The second-order valence-electron chi connectivity index (χ2n) is 6.95. The first-order valence-electron chi connectivity index (χ1n) is 9.27. The summed E-state index contributed by atoms with van der Waals surface area (Å²) >= 11 is 5.91. The second-order valence-corrected chi connectivity index (χ2v) is 7.39. The molecule has 1 aromatic heterocycles.